The number of fused-ring (bicyclic) bond motifs is 2. The van der Waals surface area contributed by atoms with E-state index in [1.807, 2.05) is 0 Å². The van der Waals surface area contributed by atoms with Crippen LogP contribution < -0.4 is 9.86 Å². The molecule has 0 aromatic heterocycles. The lowest BCUT2D eigenvalue weighted by molar-refractivity contribution is -0.142. The maximum atomic E-state index is 14.1. The molecule has 2 aliphatic heterocycles. The minimum Gasteiger partial charge on any atom is -0.336 e. The first-order valence-corrected chi connectivity index (χ1v) is 13.7. The van der Waals surface area contributed by atoms with E-state index >= 15 is 0 Å². The van der Waals surface area contributed by atoms with Crippen molar-refractivity contribution in [1.29, 1.82) is 0 Å². The molecule has 0 bridgehead atoms. The summed E-state index contributed by atoms with van der Waals surface area (Å²) in [7, 11) is -3.83. The molecule has 9 heteroatoms. The number of nitrogens with one attached hydrogen (secondary N) is 1. The van der Waals surface area contributed by atoms with Gasteiger partial charge in [-0.2, -0.15) is 8.42 Å². The van der Waals surface area contributed by atoms with E-state index in [2.05, 4.69) is 23.5 Å². The summed E-state index contributed by atoms with van der Waals surface area (Å²) in [4.78, 5) is 17.9. The smallest absolute Gasteiger partial charge is 0.274 e. The summed E-state index contributed by atoms with van der Waals surface area (Å²) in [5.74, 6) is 1.25. The van der Waals surface area contributed by atoms with E-state index in [-0.39, 0.29) is 31.4 Å². The summed E-state index contributed by atoms with van der Waals surface area (Å²) in [6, 6.07) is 5.33. The first kappa shape index (κ1) is 24.6. The molecule has 3 N–H and O–H groups in total. The highest BCUT2D eigenvalue weighted by molar-refractivity contribution is 7.87. The van der Waals surface area contributed by atoms with Crippen molar-refractivity contribution in [3.05, 3.63) is 35.1 Å². The zero-order valence-corrected chi connectivity index (χ0v) is 20.5. The van der Waals surface area contributed by atoms with Gasteiger partial charge in [0, 0.05) is 25.7 Å². The van der Waals surface area contributed by atoms with E-state index in [0.29, 0.717) is 18.9 Å². The minimum absolute atomic E-state index is 0.0148. The molecule has 1 saturated heterocycles. The number of benzene rings is 1. The topological polar surface area (TPSA) is 95.7 Å². The van der Waals surface area contributed by atoms with Crippen molar-refractivity contribution in [2.75, 3.05) is 26.2 Å². The Kier molecular flexibility index (Phi) is 7.15. The van der Waals surface area contributed by atoms with E-state index in [1.54, 1.807) is 11.0 Å². The molecule has 0 unspecified atom stereocenters. The van der Waals surface area contributed by atoms with Gasteiger partial charge in [-0.05, 0) is 86.7 Å². The molecule has 0 atom stereocenters. The highest BCUT2D eigenvalue weighted by Crippen LogP contribution is 2.44. The predicted molar refractivity (Wildman–Crippen MR) is 126 cm³/mol. The Hall–Kier alpha value is -1.55. The van der Waals surface area contributed by atoms with E-state index in [9.17, 15) is 17.6 Å². The molecule has 4 rings (SSSR count). The van der Waals surface area contributed by atoms with Gasteiger partial charge >= 0.3 is 0 Å². The number of amides is 1. The van der Waals surface area contributed by atoms with Crippen molar-refractivity contribution in [1.82, 2.24) is 14.5 Å². The van der Waals surface area contributed by atoms with Gasteiger partial charge in [0.25, 0.3) is 10.2 Å². The fourth-order valence-electron chi connectivity index (χ4n) is 6.25. The third kappa shape index (κ3) is 5.26. The van der Waals surface area contributed by atoms with Gasteiger partial charge in [-0.15, -0.1) is 0 Å². The number of nitrogens with two attached hydrogens (primary N) is 1. The lowest BCUT2D eigenvalue weighted by Gasteiger charge is -2.49. The van der Waals surface area contributed by atoms with E-state index in [1.165, 1.54) is 37.8 Å². The number of hydrogen-bond acceptors (Lipinski definition) is 4. The molecule has 7 nitrogen and oxygen atoms in total. The second-order valence-corrected chi connectivity index (χ2v) is 11.8. The summed E-state index contributed by atoms with van der Waals surface area (Å²) >= 11 is 0. The Morgan fingerprint density at radius 2 is 1.85 bits per heavy atom. The molecule has 1 aliphatic carbocycles. The maximum absolute atomic E-state index is 14.1. The van der Waals surface area contributed by atoms with Crippen molar-refractivity contribution in [2.24, 2.45) is 17.0 Å². The summed E-state index contributed by atoms with van der Waals surface area (Å²) in [6.07, 6.45) is 6.39. The second kappa shape index (κ2) is 9.60. The standard InChI is InChI=1S/C24H37FN4O3S/c1-17(2)18-3-6-21(7-4-18)28-12-9-24(10-13-28)22-8-5-20(25)15-19(22)16-29(23(24)30)14-11-27-33(26,31)32/h5,8,15,17-18,21,27H,3-4,6-7,9-14,16H2,1-2H3,(H2,26,31,32). The van der Waals surface area contributed by atoms with E-state index < -0.39 is 15.6 Å². The third-order valence-corrected chi connectivity index (χ3v) is 8.78. The van der Waals surface area contributed by atoms with Crippen LogP contribution >= 0.6 is 0 Å². The fraction of sp³-hybridized carbons (Fsp3) is 0.708. The van der Waals surface area contributed by atoms with Crippen molar-refractivity contribution < 1.29 is 17.6 Å². The van der Waals surface area contributed by atoms with Crippen LogP contribution in [0.2, 0.25) is 0 Å². The molecule has 2 heterocycles. The molecule has 1 saturated carbocycles. The van der Waals surface area contributed by atoms with E-state index in [4.69, 9.17) is 5.14 Å². The van der Waals surface area contributed by atoms with Crippen LogP contribution in [0.3, 0.4) is 0 Å². The summed E-state index contributed by atoms with van der Waals surface area (Å²) in [6.45, 7) is 6.85. The Bertz CT molecular complexity index is 968. The van der Waals surface area contributed by atoms with Gasteiger partial charge < -0.3 is 9.80 Å². The number of carbonyl (C=O) groups excluding carboxylic acids is 1. The summed E-state index contributed by atoms with van der Waals surface area (Å²) in [5, 5.41) is 5.03. The fourth-order valence-corrected chi connectivity index (χ4v) is 6.62. The van der Waals surface area contributed by atoms with Crippen LogP contribution in [0.4, 0.5) is 4.39 Å². The quantitative estimate of drug-likeness (QED) is 0.654. The van der Waals surface area contributed by atoms with Gasteiger partial charge in [-0.25, -0.2) is 14.3 Å². The average molecular weight is 481 g/mol. The van der Waals surface area contributed by atoms with Crippen LogP contribution in [0.25, 0.3) is 0 Å². The molecular weight excluding hydrogens is 443 g/mol. The predicted octanol–water partition coefficient (Wildman–Crippen LogP) is 2.51. The van der Waals surface area contributed by atoms with Crippen LogP contribution in [0.15, 0.2) is 18.2 Å². The van der Waals surface area contributed by atoms with Crippen LogP contribution in [0.1, 0.15) is 63.5 Å². The molecule has 184 valence electrons. The largest absolute Gasteiger partial charge is 0.336 e. The van der Waals surface area contributed by atoms with Crippen molar-refractivity contribution in [3.63, 3.8) is 0 Å². The Balaban J connectivity index is 1.49. The third-order valence-electron chi connectivity index (χ3n) is 8.18. The number of likely N-dealkylation sites (tertiary alicyclic amines) is 1. The maximum Gasteiger partial charge on any atom is 0.274 e. The van der Waals surface area contributed by atoms with Gasteiger partial charge in [0.15, 0.2) is 0 Å². The van der Waals surface area contributed by atoms with Crippen molar-refractivity contribution in [2.45, 2.75) is 70.4 Å². The zero-order chi connectivity index (χ0) is 23.8. The molecule has 2 fully saturated rings. The second-order valence-electron chi connectivity index (χ2n) is 10.4. The average Bonchev–Trinajstić information content (AvgIpc) is 2.77. The highest BCUT2D eigenvalue weighted by atomic mass is 32.2. The first-order valence-electron chi connectivity index (χ1n) is 12.2. The molecule has 1 aromatic rings. The summed E-state index contributed by atoms with van der Waals surface area (Å²) < 4.78 is 38.8. The van der Waals surface area contributed by atoms with Crippen molar-refractivity contribution in [3.8, 4) is 0 Å². The Labute approximate surface area is 197 Å². The lowest BCUT2D eigenvalue weighted by atomic mass is 9.67. The monoisotopic (exact) mass is 480 g/mol. The molecule has 33 heavy (non-hydrogen) atoms. The number of hydrogen-bond donors (Lipinski definition) is 2. The van der Waals surface area contributed by atoms with Gasteiger partial charge in [0.1, 0.15) is 5.82 Å². The first-order chi connectivity index (χ1) is 15.6. The van der Waals surface area contributed by atoms with Gasteiger partial charge in [0.05, 0.1) is 5.41 Å². The van der Waals surface area contributed by atoms with Crippen LogP contribution in [0, 0.1) is 17.7 Å². The number of nitrogens with zero attached hydrogens (tertiary/aromatic N) is 2. The molecule has 1 aromatic carbocycles. The van der Waals surface area contributed by atoms with Gasteiger partial charge in [-0.3, -0.25) is 4.79 Å². The lowest BCUT2D eigenvalue weighted by Crippen LogP contribution is -2.58. The summed E-state index contributed by atoms with van der Waals surface area (Å²) in [5.41, 5.74) is 1.08. The molecule has 1 amide bonds. The molecule has 0 radical (unpaired) electrons. The van der Waals surface area contributed by atoms with Crippen molar-refractivity contribution >= 4 is 16.1 Å². The minimum atomic E-state index is -3.83. The highest BCUT2D eigenvalue weighted by Gasteiger charge is 2.49. The molecular formula is C24H37FN4O3S. The van der Waals surface area contributed by atoms with Crippen LogP contribution in [0.5, 0.6) is 0 Å². The number of carbonyl (C=O) groups is 1. The normalized spacial score (nSPS) is 26.1. The van der Waals surface area contributed by atoms with Crippen LogP contribution in [-0.2, 0) is 27.0 Å². The number of piperidine rings is 1. The Morgan fingerprint density at radius 1 is 1.18 bits per heavy atom. The van der Waals surface area contributed by atoms with Gasteiger partial charge in [0.2, 0.25) is 5.91 Å². The molecule has 1 spiro atoms. The zero-order valence-electron chi connectivity index (χ0n) is 19.7. The SMILES string of the molecule is CC(C)C1CCC(N2CCC3(CC2)C(=O)N(CCNS(N)(=O)=O)Cc2cc(F)ccc23)CC1. The number of rotatable bonds is 6. The number of halogens is 1. The Morgan fingerprint density at radius 3 is 2.45 bits per heavy atom. The van der Waals surface area contributed by atoms with Gasteiger partial charge in [-0.1, -0.05) is 19.9 Å². The molecule has 3 aliphatic rings. The van der Waals surface area contributed by atoms with E-state index in [0.717, 1.165) is 36.1 Å². The van der Waals surface area contributed by atoms with Crippen LogP contribution in [-0.4, -0.2) is 56.3 Å².